The number of benzene rings is 3. The minimum absolute atomic E-state index is 0.0406. The molecule has 0 fully saturated rings. The van der Waals surface area contributed by atoms with Crippen molar-refractivity contribution in [1.82, 2.24) is 0 Å². The molecule has 1 heterocycles. The molecule has 3 aromatic rings. The molecule has 0 spiro atoms. The van der Waals surface area contributed by atoms with E-state index in [9.17, 15) is 18.0 Å². The second-order valence-corrected chi connectivity index (χ2v) is 9.67. The molecule has 8 nitrogen and oxygen atoms in total. The minimum atomic E-state index is -3.87. The molecule has 1 amide bonds. The molecule has 1 aliphatic heterocycles. The van der Waals surface area contributed by atoms with Crippen LogP contribution in [0.3, 0.4) is 0 Å². The lowest BCUT2D eigenvalue weighted by atomic mass is 10.1. The number of ether oxygens (including phenoxy) is 2. The van der Waals surface area contributed by atoms with Crippen LogP contribution in [0.2, 0.25) is 0 Å². The Labute approximate surface area is 198 Å². The SMILES string of the molecule is COC(=O)COc1cccc(NC(=O)c2cccc(S(=O)(=O)N3c4ccccc4C[C@H]3C)c2)c1. The zero-order chi connectivity index (χ0) is 24.3. The number of nitrogens with one attached hydrogen (secondary N) is 1. The number of methoxy groups -OCH3 is 1. The highest BCUT2D eigenvalue weighted by Crippen LogP contribution is 2.36. The average Bonchev–Trinajstić information content (AvgIpc) is 3.19. The van der Waals surface area contributed by atoms with E-state index < -0.39 is 21.9 Å². The third kappa shape index (κ3) is 4.74. The smallest absolute Gasteiger partial charge is 0.343 e. The summed E-state index contributed by atoms with van der Waals surface area (Å²) in [6, 6.07) is 19.7. The summed E-state index contributed by atoms with van der Waals surface area (Å²) >= 11 is 0. The van der Waals surface area contributed by atoms with Crippen LogP contribution >= 0.6 is 0 Å². The number of hydrogen-bond donors (Lipinski definition) is 1. The Morgan fingerprint density at radius 1 is 1.03 bits per heavy atom. The van der Waals surface area contributed by atoms with Crippen molar-refractivity contribution >= 4 is 33.3 Å². The molecule has 0 aliphatic carbocycles. The summed E-state index contributed by atoms with van der Waals surface area (Å²) in [4.78, 5) is 24.2. The lowest BCUT2D eigenvalue weighted by molar-refractivity contribution is -0.142. The topological polar surface area (TPSA) is 102 Å². The fourth-order valence-electron chi connectivity index (χ4n) is 3.88. The number of amides is 1. The van der Waals surface area contributed by atoms with Crippen molar-refractivity contribution in [3.8, 4) is 5.75 Å². The first-order chi connectivity index (χ1) is 16.3. The summed E-state index contributed by atoms with van der Waals surface area (Å²) in [6.45, 7) is 1.61. The molecular formula is C25H24N2O6S. The molecule has 1 N–H and O–H groups in total. The van der Waals surface area contributed by atoms with Gasteiger partial charge in [-0.1, -0.05) is 30.3 Å². The van der Waals surface area contributed by atoms with Crippen LogP contribution in [0.25, 0.3) is 0 Å². The molecular weight excluding hydrogens is 456 g/mol. The Morgan fingerprint density at radius 3 is 2.59 bits per heavy atom. The van der Waals surface area contributed by atoms with E-state index in [2.05, 4.69) is 10.1 Å². The number of carbonyl (C=O) groups excluding carboxylic acids is 2. The number of para-hydroxylation sites is 1. The van der Waals surface area contributed by atoms with Gasteiger partial charge >= 0.3 is 5.97 Å². The summed E-state index contributed by atoms with van der Waals surface area (Å²) in [7, 11) is -2.60. The quantitative estimate of drug-likeness (QED) is 0.518. The van der Waals surface area contributed by atoms with E-state index in [1.165, 1.54) is 23.5 Å². The number of fused-ring (bicyclic) bond motifs is 1. The van der Waals surface area contributed by atoms with Gasteiger partial charge in [-0.2, -0.15) is 0 Å². The first kappa shape index (κ1) is 23.3. The van der Waals surface area contributed by atoms with E-state index in [-0.39, 0.29) is 23.1 Å². The molecule has 1 atom stereocenters. The molecule has 0 aromatic heterocycles. The first-order valence-electron chi connectivity index (χ1n) is 10.6. The Morgan fingerprint density at radius 2 is 1.79 bits per heavy atom. The highest BCUT2D eigenvalue weighted by atomic mass is 32.2. The summed E-state index contributed by atoms with van der Waals surface area (Å²) in [5.74, 6) is -0.624. The van der Waals surface area contributed by atoms with Gasteiger partial charge in [-0.25, -0.2) is 13.2 Å². The molecule has 1 aliphatic rings. The standard InChI is InChI=1S/C25H24N2O6S/c1-17-13-18-7-3-4-12-23(18)27(17)34(30,31)22-11-5-8-19(14-22)25(29)26-20-9-6-10-21(15-20)33-16-24(28)32-2/h3-12,14-15,17H,13,16H2,1-2H3,(H,26,29)/t17-/m1/s1. The van der Waals surface area contributed by atoms with Crippen molar-refractivity contribution in [2.24, 2.45) is 0 Å². The van der Waals surface area contributed by atoms with Crippen molar-refractivity contribution < 1.29 is 27.5 Å². The molecule has 0 radical (unpaired) electrons. The van der Waals surface area contributed by atoms with E-state index in [4.69, 9.17) is 4.74 Å². The van der Waals surface area contributed by atoms with Gasteiger partial charge in [0.1, 0.15) is 5.75 Å². The van der Waals surface area contributed by atoms with Gasteiger partial charge in [-0.05, 0) is 55.3 Å². The van der Waals surface area contributed by atoms with Gasteiger partial charge in [0.15, 0.2) is 6.61 Å². The van der Waals surface area contributed by atoms with E-state index >= 15 is 0 Å². The Kier molecular flexibility index (Phi) is 6.56. The van der Waals surface area contributed by atoms with Crippen LogP contribution in [0, 0.1) is 0 Å². The predicted molar refractivity (Wildman–Crippen MR) is 128 cm³/mol. The molecule has 3 aromatic carbocycles. The van der Waals surface area contributed by atoms with Crippen LogP contribution in [-0.4, -0.2) is 40.1 Å². The van der Waals surface area contributed by atoms with Crippen LogP contribution in [0.4, 0.5) is 11.4 Å². The average molecular weight is 481 g/mol. The van der Waals surface area contributed by atoms with Crippen molar-refractivity contribution in [2.75, 3.05) is 23.3 Å². The normalized spacial score (nSPS) is 14.9. The van der Waals surface area contributed by atoms with Crippen LogP contribution in [-0.2, 0) is 26.0 Å². The van der Waals surface area contributed by atoms with Gasteiger partial charge in [0.25, 0.3) is 15.9 Å². The monoisotopic (exact) mass is 480 g/mol. The molecule has 0 saturated heterocycles. The van der Waals surface area contributed by atoms with Crippen LogP contribution in [0.5, 0.6) is 5.75 Å². The first-order valence-corrected chi connectivity index (χ1v) is 12.1. The highest BCUT2D eigenvalue weighted by Gasteiger charge is 2.36. The Balaban J connectivity index is 1.54. The number of hydrogen-bond acceptors (Lipinski definition) is 6. The van der Waals surface area contributed by atoms with E-state index in [0.29, 0.717) is 23.5 Å². The lowest BCUT2D eigenvalue weighted by Crippen LogP contribution is -2.35. The lowest BCUT2D eigenvalue weighted by Gasteiger charge is -2.24. The van der Waals surface area contributed by atoms with E-state index in [0.717, 1.165) is 5.56 Å². The number of esters is 1. The molecule has 9 heteroatoms. The maximum Gasteiger partial charge on any atom is 0.343 e. The molecule has 34 heavy (non-hydrogen) atoms. The van der Waals surface area contributed by atoms with Gasteiger partial charge in [0, 0.05) is 23.4 Å². The number of rotatable bonds is 7. The van der Waals surface area contributed by atoms with Crippen molar-refractivity contribution in [2.45, 2.75) is 24.3 Å². The summed E-state index contributed by atoms with van der Waals surface area (Å²) < 4.78 is 38.2. The van der Waals surface area contributed by atoms with Crippen molar-refractivity contribution in [3.05, 3.63) is 83.9 Å². The molecule has 4 rings (SSSR count). The molecule has 0 bridgehead atoms. The van der Waals surface area contributed by atoms with E-state index in [1.54, 1.807) is 42.5 Å². The summed E-state index contributed by atoms with van der Waals surface area (Å²) in [5, 5.41) is 2.73. The fourth-order valence-corrected chi connectivity index (χ4v) is 5.62. The predicted octanol–water partition coefficient (Wildman–Crippen LogP) is 3.63. The van der Waals surface area contributed by atoms with Gasteiger partial charge in [0.2, 0.25) is 0 Å². The van der Waals surface area contributed by atoms with E-state index in [1.807, 2.05) is 25.1 Å². The third-order valence-corrected chi connectivity index (χ3v) is 7.40. The molecule has 176 valence electrons. The number of sulfonamides is 1. The van der Waals surface area contributed by atoms with Gasteiger partial charge in [-0.15, -0.1) is 0 Å². The molecule has 0 saturated carbocycles. The Hall–Kier alpha value is -3.85. The van der Waals surface area contributed by atoms with Gasteiger partial charge < -0.3 is 14.8 Å². The zero-order valence-electron chi connectivity index (χ0n) is 18.7. The van der Waals surface area contributed by atoms with Crippen LogP contribution in [0.15, 0.2) is 77.7 Å². The fraction of sp³-hybridized carbons (Fsp3) is 0.200. The second kappa shape index (κ2) is 9.56. The summed E-state index contributed by atoms with van der Waals surface area (Å²) in [6.07, 6.45) is 0.629. The second-order valence-electron chi connectivity index (χ2n) is 7.86. The van der Waals surface area contributed by atoms with Gasteiger partial charge in [0.05, 0.1) is 17.7 Å². The maximum atomic E-state index is 13.5. The van der Waals surface area contributed by atoms with Gasteiger partial charge in [-0.3, -0.25) is 9.10 Å². The Bertz CT molecular complexity index is 1340. The summed E-state index contributed by atoms with van der Waals surface area (Å²) in [5.41, 5.74) is 2.26. The van der Waals surface area contributed by atoms with Crippen LogP contribution in [0.1, 0.15) is 22.8 Å². The van der Waals surface area contributed by atoms with Crippen molar-refractivity contribution in [3.63, 3.8) is 0 Å². The number of carbonyl (C=O) groups is 2. The number of anilines is 2. The van der Waals surface area contributed by atoms with Crippen LogP contribution < -0.4 is 14.4 Å². The zero-order valence-corrected chi connectivity index (χ0v) is 19.5. The molecule has 0 unspecified atom stereocenters. The number of nitrogens with zero attached hydrogens (tertiary/aromatic N) is 1. The van der Waals surface area contributed by atoms with Crippen molar-refractivity contribution in [1.29, 1.82) is 0 Å². The minimum Gasteiger partial charge on any atom is -0.482 e. The third-order valence-electron chi connectivity index (χ3n) is 5.47. The maximum absolute atomic E-state index is 13.5. The largest absolute Gasteiger partial charge is 0.482 e. The highest BCUT2D eigenvalue weighted by molar-refractivity contribution is 7.92.